The highest BCUT2D eigenvalue weighted by Crippen LogP contribution is 2.29. The quantitative estimate of drug-likeness (QED) is 0.669. The summed E-state index contributed by atoms with van der Waals surface area (Å²) in [6, 6.07) is 5.04. The molecule has 136 valence electrons. The van der Waals surface area contributed by atoms with E-state index in [4.69, 9.17) is 8.92 Å². The first-order valence-electron chi connectivity index (χ1n) is 7.88. The number of hydrogen-bond acceptors (Lipinski definition) is 5. The minimum absolute atomic E-state index is 0.0603. The number of carbonyl (C=O) groups is 1. The summed E-state index contributed by atoms with van der Waals surface area (Å²) < 4.78 is 32.9. The van der Waals surface area contributed by atoms with Crippen LogP contribution in [-0.4, -0.2) is 39.1 Å². The van der Waals surface area contributed by atoms with Crippen molar-refractivity contribution in [2.75, 3.05) is 19.9 Å². The van der Waals surface area contributed by atoms with Gasteiger partial charge in [-0.25, -0.2) is 0 Å². The SMILES string of the molecule is COc1ccc(CN(CC(C)C)C(=O)C(C)C)cc1OS(C)(=O)=O. The topological polar surface area (TPSA) is 72.9 Å². The molecule has 0 fully saturated rings. The van der Waals surface area contributed by atoms with E-state index in [9.17, 15) is 13.2 Å². The largest absolute Gasteiger partial charge is 0.493 e. The van der Waals surface area contributed by atoms with Gasteiger partial charge in [-0.1, -0.05) is 33.8 Å². The predicted molar refractivity (Wildman–Crippen MR) is 93.6 cm³/mol. The first-order chi connectivity index (χ1) is 11.0. The van der Waals surface area contributed by atoms with Gasteiger partial charge in [-0.2, -0.15) is 8.42 Å². The predicted octanol–water partition coefficient (Wildman–Crippen LogP) is 2.67. The van der Waals surface area contributed by atoms with Crippen molar-refractivity contribution in [3.05, 3.63) is 23.8 Å². The molecule has 0 heterocycles. The monoisotopic (exact) mass is 357 g/mol. The van der Waals surface area contributed by atoms with Crippen molar-refractivity contribution >= 4 is 16.0 Å². The molecule has 0 bridgehead atoms. The Bertz CT molecular complexity index is 668. The Labute approximate surface area is 144 Å². The standard InChI is InChI=1S/C17H27NO5S/c1-12(2)10-18(17(19)13(3)4)11-14-7-8-15(22-5)16(9-14)23-24(6,20)21/h7-9,12-13H,10-11H2,1-6H3. The zero-order valence-electron chi connectivity index (χ0n) is 15.2. The van der Waals surface area contributed by atoms with Gasteiger partial charge in [-0.3, -0.25) is 4.79 Å². The summed E-state index contributed by atoms with van der Waals surface area (Å²) in [7, 11) is -2.22. The highest BCUT2D eigenvalue weighted by Gasteiger charge is 2.19. The lowest BCUT2D eigenvalue weighted by molar-refractivity contribution is -0.135. The molecule has 6 nitrogen and oxygen atoms in total. The normalized spacial score (nSPS) is 11.7. The summed E-state index contributed by atoms with van der Waals surface area (Å²) in [5.74, 6) is 0.741. The van der Waals surface area contributed by atoms with Crippen LogP contribution in [0.15, 0.2) is 18.2 Å². The fraction of sp³-hybridized carbons (Fsp3) is 0.588. The van der Waals surface area contributed by atoms with Crippen LogP contribution in [0.1, 0.15) is 33.3 Å². The second kappa shape index (κ2) is 8.37. The molecule has 0 saturated carbocycles. The Morgan fingerprint density at radius 3 is 2.25 bits per heavy atom. The molecule has 0 unspecified atom stereocenters. The molecule has 24 heavy (non-hydrogen) atoms. The molecule has 0 aliphatic heterocycles. The first-order valence-corrected chi connectivity index (χ1v) is 9.70. The van der Waals surface area contributed by atoms with Gasteiger partial charge in [0.15, 0.2) is 11.5 Å². The number of rotatable bonds is 8. The molecule has 1 aromatic carbocycles. The second-order valence-corrected chi connectivity index (χ2v) is 8.11. The summed E-state index contributed by atoms with van der Waals surface area (Å²) >= 11 is 0. The number of nitrogens with zero attached hydrogens (tertiary/aromatic N) is 1. The molecule has 0 spiro atoms. The van der Waals surface area contributed by atoms with E-state index in [2.05, 4.69) is 0 Å². The smallest absolute Gasteiger partial charge is 0.306 e. The number of ether oxygens (including phenoxy) is 1. The number of methoxy groups -OCH3 is 1. The van der Waals surface area contributed by atoms with Gasteiger partial charge >= 0.3 is 10.1 Å². The van der Waals surface area contributed by atoms with Gasteiger partial charge in [0.2, 0.25) is 5.91 Å². The van der Waals surface area contributed by atoms with Gasteiger partial charge < -0.3 is 13.8 Å². The third-order valence-electron chi connectivity index (χ3n) is 3.23. The Kier molecular flexibility index (Phi) is 7.08. The Morgan fingerprint density at radius 2 is 1.79 bits per heavy atom. The maximum absolute atomic E-state index is 12.4. The molecule has 0 N–H and O–H groups in total. The molecular formula is C17H27NO5S. The van der Waals surface area contributed by atoms with Crippen molar-refractivity contribution in [2.24, 2.45) is 11.8 Å². The van der Waals surface area contributed by atoms with Crippen LogP contribution in [0.4, 0.5) is 0 Å². The van der Waals surface area contributed by atoms with Crippen LogP contribution >= 0.6 is 0 Å². The lowest BCUT2D eigenvalue weighted by atomic mass is 10.1. The molecule has 0 aliphatic carbocycles. The van der Waals surface area contributed by atoms with Crippen molar-refractivity contribution in [3.63, 3.8) is 0 Å². The minimum Gasteiger partial charge on any atom is -0.493 e. The number of carbonyl (C=O) groups excluding carboxylic acids is 1. The summed E-state index contributed by atoms with van der Waals surface area (Å²) in [4.78, 5) is 14.2. The number of hydrogen-bond donors (Lipinski definition) is 0. The zero-order chi connectivity index (χ0) is 18.5. The van der Waals surface area contributed by atoms with Gasteiger partial charge in [-0.15, -0.1) is 0 Å². The summed E-state index contributed by atoms with van der Waals surface area (Å²) in [6.07, 6.45) is 0.979. The summed E-state index contributed by atoms with van der Waals surface area (Å²) in [5.41, 5.74) is 0.782. The van der Waals surface area contributed by atoms with Crippen LogP contribution in [-0.2, 0) is 21.5 Å². The molecule has 0 aliphatic rings. The first kappa shape index (κ1) is 20.3. The van der Waals surface area contributed by atoms with E-state index in [0.717, 1.165) is 11.8 Å². The summed E-state index contributed by atoms with van der Waals surface area (Å²) in [6.45, 7) is 8.84. The van der Waals surface area contributed by atoms with Crippen LogP contribution < -0.4 is 8.92 Å². The van der Waals surface area contributed by atoms with Crippen molar-refractivity contribution < 1.29 is 22.1 Å². The maximum Gasteiger partial charge on any atom is 0.306 e. The van der Waals surface area contributed by atoms with Crippen LogP contribution in [0.25, 0.3) is 0 Å². The lowest BCUT2D eigenvalue weighted by Gasteiger charge is -2.26. The van der Waals surface area contributed by atoms with Crippen molar-refractivity contribution in [3.8, 4) is 11.5 Å². The van der Waals surface area contributed by atoms with E-state index >= 15 is 0 Å². The fourth-order valence-electron chi connectivity index (χ4n) is 2.31. The molecule has 1 aromatic rings. The van der Waals surface area contributed by atoms with Crippen molar-refractivity contribution in [1.29, 1.82) is 0 Å². The van der Waals surface area contributed by atoms with E-state index in [1.165, 1.54) is 7.11 Å². The molecule has 7 heteroatoms. The molecule has 0 radical (unpaired) electrons. The van der Waals surface area contributed by atoms with Gasteiger partial charge in [0.25, 0.3) is 0 Å². The average Bonchev–Trinajstić information content (AvgIpc) is 2.43. The minimum atomic E-state index is -3.66. The van der Waals surface area contributed by atoms with E-state index < -0.39 is 10.1 Å². The van der Waals surface area contributed by atoms with Gasteiger partial charge in [0.05, 0.1) is 13.4 Å². The number of amides is 1. The second-order valence-electron chi connectivity index (χ2n) is 6.54. The van der Waals surface area contributed by atoms with Crippen LogP contribution in [0.3, 0.4) is 0 Å². The zero-order valence-corrected chi connectivity index (χ0v) is 16.0. The highest BCUT2D eigenvalue weighted by molar-refractivity contribution is 7.86. The van der Waals surface area contributed by atoms with Gasteiger partial charge in [0, 0.05) is 19.0 Å². The molecule has 1 rings (SSSR count). The Morgan fingerprint density at radius 1 is 1.17 bits per heavy atom. The van der Waals surface area contributed by atoms with Crippen LogP contribution in [0.5, 0.6) is 11.5 Å². The van der Waals surface area contributed by atoms with Gasteiger partial charge in [0.1, 0.15) is 0 Å². The molecular weight excluding hydrogens is 330 g/mol. The van der Waals surface area contributed by atoms with Crippen LogP contribution in [0.2, 0.25) is 0 Å². The molecule has 0 saturated heterocycles. The Balaban J connectivity index is 3.10. The maximum atomic E-state index is 12.4. The summed E-state index contributed by atoms with van der Waals surface area (Å²) in [5, 5.41) is 0. The fourth-order valence-corrected chi connectivity index (χ4v) is 2.76. The van der Waals surface area contributed by atoms with Crippen molar-refractivity contribution in [1.82, 2.24) is 4.90 Å². The van der Waals surface area contributed by atoms with Crippen LogP contribution in [0, 0.1) is 11.8 Å². The van der Waals surface area contributed by atoms with E-state index in [1.54, 1.807) is 23.1 Å². The third kappa shape index (κ3) is 6.39. The Hall–Kier alpha value is -1.76. The van der Waals surface area contributed by atoms with E-state index in [-0.39, 0.29) is 17.6 Å². The van der Waals surface area contributed by atoms with E-state index in [1.807, 2.05) is 27.7 Å². The van der Waals surface area contributed by atoms with E-state index in [0.29, 0.717) is 24.8 Å². The van der Waals surface area contributed by atoms with Gasteiger partial charge in [-0.05, 0) is 23.6 Å². The average molecular weight is 357 g/mol. The molecule has 0 atom stereocenters. The third-order valence-corrected chi connectivity index (χ3v) is 3.72. The highest BCUT2D eigenvalue weighted by atomic mass is 32.2. The number of benzene rings is 1. The molecule has 0 aromatic heterocycles. The lowest BCUT2D eigenvalue weighted by Crippen LogP contribution is -2.36. The van der Waals surface area contributed by atoms with Crippen molar-refractivity contribution in [2.45, 2.75) is 34.2 Å². The molecule has 1 amide bonds.